The van der Waals surface area contributed by atoms with Gasteiger partial charge in [-0.2, -0.15) is 0 Å². The molecule has 0 spiro atoms. The van der Waals surface area contributed by atoms with E-state index >= 15 is 0 Å². The van der Waals surface area contributed by atoms with E-state index in [0.717, 1.165) is 35.9 Å². The molecular weight excluding hydrogens is 273 g/mol. The van der Waals surface area contributed by atoms with Crippen LogP contribution < -0.4 is 0 Å². The lowest BCUT2D eigenvalue weighted by molar-refractivity contribution is 0.212. The number of hydrogen-bond donors (Lipinski definition) is 0. The summed E-state index contributed by atoms with van der Waals surface area (Å²) < 4.78 is 12.8. The fourth-order valence-corrected chi connectivity index (χ4v) is 1.78. The Balaban J connectivity index is 2.70. The first kappa shape index (κ1) is 13.2. The van der Waals surface area contributed by atoms with Crippen molar-refractivity contribution in [2.45, 2.75) is 19.3 Å². The van der Waals surface area contributed by atoms with Gasteiger partial charge < -0.3 is 4.84 Å². The normalized spacial score (nSPS) is 11.6. The standard InChI is InChI=1S/C12H15BrFNO/c1-16-15-12(4-2-3-9-13)10-5-7-11(14)8-6-10/h5-8H,2-4,9H2,1H3. The van der Waals surface area contributed by atoms with Gasteiger partial charge in [-0.1, -0.05) is 33.2 Å². The molecule has 0 radical (unpaired) electrons. The third kappa shape index (κ3) is 4.31. The molecule has 0 aromatic heterocycles. The molecule has 16 heavy (non-hydrogen) atoms. The highest BCUT2D eigenvalue weighted by Gasteiger charge is 2.04. The molecule has 0 saturated carbocycles. The molecule has 88 valence electrons. The third-order valence-corrected chi connectivity index (χ3v) is 2.74. The fourth-order valence-electron chi connectivity index (χ4n) is 1.38. The SMILES string of the molecule is CON=C(CCCCBr)c1ccc(F)cc1. The average Bonchev–Trinajstić information content (AvgIpc) is 2.29. The zero-order valence-corrected chi connectivity index (χ0v) is 10.8. The summed E-state index contributed by atoms with van der Waals surface area (Å²) in [6.07, 6.45) is 2.96. The molecular formula is C12H15BrFNO. The van der Waals surface area contributed by atoms with Crippen LogP contribution in [0.3, 0.4) is 0 Å². The van der Waals surface area contributed by atoms with Crippen LogP contribution in [0.25, 0.3) is 0 Å². The quantitative estimate of drug-likeness (QED) is 0.338. The lowest BCUT2D eigenvalue weighted by atomic mass is 10.1. The molecule has 0 aliphatic carbocycles. The number of unbranched alkanes of at least 4 members (excludes halogenated alkanes) is 1. The smallest absolute Gasteiger partial charge is 0.123 e. The first-order valence-electron chi connectivity index (χ1n) is 5.20. The van der Waals surface area contributed by atoms with Gasteiger partial charge in [-0.25, -0.2) is 4.39 Å². The lowest BCUT2D eigenvalue weighted by Crippen LogP contribution is -2.02. The van der Waals surface area contributed by atoms with Crippen molar-refractivity contribution < 1.29 is 9.23 Å². The summed E-state index contributed by atoms with van der Waals surface area (Å²) in [6, 6.07) is 6.32. The van der Waals surface area contributed by atoms with Crippen molar-refractivity contribution in [1.29, 1.82) is 0 Å². The molecule has 0 N–H and O–H groups in total. The van der Waals surface area contributed by atoms with Gasteiger partial charge in [-0.3, -0.25) is 0 Å². The Labute approximate surface area is 104 Å². The average molecular weight is 288 g/mol. The van der Waals surface area contributed by atoms with Gasteiger partial charge in [0, 0.05) is 5.33 Å². The van der Waals surface area contributed by atoms with Gasteiger partial charge in [0.05, 0.1) is 5.71 Å². The Kier molecular flexibility index (Phi) is 6.08. The summed E-state index contributed by atoms with van der Waals surface area (Å²) in [4.78, 5) is 4.80. The van der Waals surface area contributed by atoms with Gasteiger partial charge in [0.2, 0.25) is 0 Å². The van der Waals surface area contributed by atoms with Crippen LogP contribution in [0.4, 0.5) is 4.39 Å². The predicted octanol–water partition coefficient (Wildman–Crippen LogP) is 3.74. The van der Waals surface area contributed by atoms with Crippen LogP contribution in [0, 0.1) is 5.82 Å². The van der Waals surface area contributed by atoms with E-state index in [1.165, 1.54) is 19.2 Å². The van der Waals surface area contributed by atoms with Crippen molar-refractivity contribution in [3.8, 4) is 0 Å². The molecule has 4 heteroatoms. The summed E-state index contributed by atoms with van der Waals surface area (Å²) in [5.41, 5.74) is 1.78. The molecule has 0 fully saturated rings. The summed E-state index contributed by atoms with van der Waals surface area (Å²) in [5, 5.41) is 4.96. The minimum Gasteiger partial charge on any atom is -0.399 e. The Bertz CT molecular complexity index is 337. The van der Waals surface area contributed by atoms with Crippen LogP contribution in [0.15, 0.2) is 29.4 Å². The molecule has 0 heterocycles. The van der Waals surface area contributed by atoms with Gasteiger partial charge in [0.15, 0.2) is 0 Å². The van der Waals surface area contributed by atoms with Gasteiger partial charge in [-0.15, -0.1) is 0 Å². The van der Waals surface area contributed by atoms with E-state index in [1.807, 2.05) is 0 Å². The van der Waals surface area contributed by atoms with E-state index < -0.39 is 0 Å². The number of hydrogen-bond acceptors (Lipinski definition) is 2. The summed E-state index contributed by atoms with van der Waals surface area (Å²) in [7, 11) is 1.52. The summed E-state index contributed by atoms with van der Waals surface area (Å²) in [5.74, 6) is -0.235. The maximum Gasteiger partial charge on any atom is 0.123 e. The molecule has 0 amide bonds. The topological polar surface area (TPSA) is 21.6 Å². The number of nitrogens with zero attached hydrogens (tertiary/aromatic N) is 1. The molecule has 2 nitrogen and oxygen atoms in total. The molecule has 0 atom stereocenters. The van der Waals surface area contributed by atoms with Crippen LogP contribution in [-0.4, -0.2) is 18.2 Å². The molecule has 0 aliphatic heterocycles. The maximum atomic E-state index is 12.8. The Morgan fingerprint density at radius 3 is 2.56 bits per heavy atom. The first-order valence-corrected chi connectivity index (χ1v) is 6.32. The molecule has 0 unspecified atom stereocenters. The summed E-state index contributed by atoms with van der Waals surface area (Å²) in [6.45, 7) is 0. The van der Waals surface area contributed by atoms with Gasteiger partial charge >= 0.3 is 0 Å². The molecule has 1 aromatic rings. The second kappa shape index (κ2) is 7.39. The van der Waals surface area contributed by atoms with E-state index in [0.29, 0.717) is 0 Å². The van der Waals surface area contributed by atoms with E-state index in [1.54, 1.807) is 12.1 Å². The Morgan fingerprint density at radius 1 is 1.31 bits per heavy atom. The summed E-state index contributed by atoms with van der Waals surface area (Å²) >= 11 is 3.38. The largest absolute Gasteiger partial charge is 0.399 e. The van der Waals surface area contributed by atoms with Crippen molar-refractivity contribution in [1.82, 2.24) is 0 Å². The number of oxime groups is 1. The molecule has 1 aromatic carbocycles. The third-order valence-electron chi connectivity index (χ3n) is 2.18. The van der Waals surface area contributed by atoms with Crippen molar-refractivity contribution in [2.75, 3.05) is 12.4 Å². The molecule has 0 aliphatic rings. The van der Waals surface area contributed by atoms with Crippen LogP contribution in [0.1, 0.15) is 24.8 Å². The van der Waals surface area contributed by atoms with Crippen LogP contribution in [0.5, 0.6) is 0 Å². The molecule has 0 saturated heterocycles. The van der Waals surface area contributed by atoms with E-state index in [9.17, 15) is 4.39 Å². The van der Waals surface area contributed by atoms with Crippen molar-refractivity contribution in [2.24, 2.45) is 5.16 Å². The number of halogens is 2. The highest BCUT2D eigenvalue weighted by molar-refractivity contribution is 9.09. The number of alkyl halides is 1. The predicted molar refractivity (Wildman–Crippen MR) is 67.6 cm³/mol. The van der Waals surface area contributed by atoms with Crippen molar-refractivity contribution >= 4 is 21.6 Å². The second-order valence-corrected chi connectivity index (χ2v) is 4.17. The Hall–Kier alpha value is -0.900. The van der Waals surface area contributed by atoms with E-state index in [-0.39, 0.29) is 5.82 Å². The first-order chi connectivity index (χ1) is 7.77. The number of benzene rings is 1. The lowest BCUT2D eigenvalue weighted by Gasteiger charge is -2.05. The van der Waals surface area contributed by atoms with E-state index in [4.69, 9.17) is 4.84 Å². The van der Waals surface area contributed by atoms with Crippen LogP contribution >= 0.6 is 15.9 Å². The van der Waals surface area contributed by atoms with Crippen molar-refractivity contribution in [3.05, 3.63) is 35.6 Å². The monoisotopic (exact) mass is 287 g/mol. The van der Waals surface area contributed by atoms with Crippen LogP contribution in [0.2, 0.25) is 0 Å². The fraction of sp³-hybridized carbons (Fsp3) is 0.417. The second-order valence-electron chi connectivity index (χ2n) is 3.37. The van der Waals surface area contributed by atoms with Gasteiger partial charge in [-0.05, 0) is 37.0 Å². The Morgan fingerprint density at radius 2 is 2.00 bits per heavy atom. The zero-order chi connectivity index (χ0) is 11.8. The number of rotatable bonds is 6. The molecule has 1 rings (SSSR count). The highest BCUT2D eigenvalue weighted by atomic mass is 79.9. The molecule has 0 bridgehead atoms. The minimum atomic E-state index is -0.235. The maximum absolute atomic E-state index is 12.8. The van der Waals surface area contributed by atoms with Crippen LogP contribution in [-0.2, 0) is 4.84 Å². The van der Waals surface area contributed by atoms with Gasteiger partial charge in [0.25, 0.3) is 0 Å². The zero-order valence-electron chi connectivity index (χ0n) is 9.25. The van der Waals surface area contributed by atoms with Crippen molar-refractivity contribution in [3.63, 3.8) is 0 Å². The highest BCUT2D eigenvalue weighted by Crippen LogP contribution is 2.10. The minimum absolute atomic E-state index is 0.235. The van der Waals surface area contributed by atoms with Gasteiger partial charge in [0.1, 0.15) is 12.9 Å². The van der Waals surface area contributed by atoms with E-state index in [2.05, 4.69) is 21.1 Å².